The summed E-state index contributed by atoms with van der Waals surface area (Å²) >= 11 is 0. The summed E-state index contributed by atoms with van der Waals surface area (Å²) in [5.74, 6) is 0.834. The molecule has 0 saturated heterocycles. The summed E-state index contributed by atoms with van der Waals surface area (Å²) in [5, 5.41) is 3.14. The number of aryl methyl sites for hydroxylation is 1. The van der Waals surface area contributed by atoms with E-state index in [4.69, 9.17) is 0 Å². The quantitative estimate of drug-likeness (QED) is 0.869. The normalized spacial score (nSPS) is 16.3. The number of hydrogen-bond donors (Lipinski definition) is 1. The van der Waals surface area contributed by atoms with Crippen molar-refractivity contribution < 1.29 is 8.42 Å². The number of sulfonamides is 1. The number of nitrogens with one attached hydrogen (secondary N) is 1. The van der Waals surface area contributed by atoms with Gasteiger partial charge in [0.2, 0.25) is 0 Å². The van der Waals surface area contributed by atoms with E-state index in [0.29, 0.717) is 22.9 Å². The zero-order valence-corrected chi connectivity index (χ0v) is 15.7. The van der Waals surface area contributed by atoms with Crippen LogP contribution in [0.1, 0.15) is 43.4 Å². The molecule has 0 aromatic heterocycles. The molecule has 0 radical (unpaired) electrons. The van der Waals surface area contributed by atoms with Gasteiger partial charge in [-0.1, -0.05) is 55.8 Å². The van der Waals surface area contributed by atoms with Crippen LogP contribution in [0.2, 0.25) is 0 Å². The van der Waals surface area contributed by atoms with Crippen molar-refractivity contribution in [3.8, 4) is 0 Å². The predicted molar refractivity (Wildman–Crippen MR) is 104 cm³/mol. The molecule has 130 valence electrons. The van der Waals surface area contributed by atoms with Crippen LogP contribution in [-0.4, -0.2) is 14.3 Å². The first-order valence-corrected chi connectivity index (χ1v) is 9.72. The van der Waals surface area contributed by atoms with Crippen molar-refractivity contribution in [2.75, 3.05) is 5.32 Å². The Hall–Kier alpha value is -2.40. The molecule has 0 fully saturated rings. The highest BCUT2D eigenvalue weighted by Crippen LogP contribution is 2.33. The van der Waals surface area contributed by atoms with Gasteiger partial charge in [-0.25, -0.2) is 0 Å². The average molecular weight is 354 g/mol. The minimum absolute atomic E-state index is 0.272. The van der Waals surface area contributed by atoms with Gasteiger partial charge in [-0.3, -0.25) is 0 Å². The van der Waals surface area contributed by atoms with E-state index in [0.717, 1.165) is 11.3 Å². The predicted octanol–water partition coefficient (Wildman–Crippen LogP) is 4.70. The number of benzene rings is 2. The SMILES string of the molecule is CC1=C(c2ccc(C)cc2)S(=O)(=O)N=C1Nc1ccc(C(C)C)cc1. The second kappa shape index (κ2) is 6.48. The van der Waals surface area contributed by atoms with Crippen LogP contribution >= 0.6 is 0 Å². The molecule has 0 bridgehead atoms. The molecule has 0 aliphatic carbocycles. The lowest BCUT2D eigenvalue weighted by atomic mass is 10.0. The number of hydrogen-bond acceptors (Lipinski definition) is 3. The third-order valence-corrected chi connectivity index (χ3v) is 5.80. The fraction of sp³-hybridized carbons (Fsp3) is 0.250. The van der Waals surface area contributed by atoms with Crippen molar-refractivity contribution in [3.05, 3.63) is 70.8 Å². The Balaban J connectivity index is 1.93. The Morgan fingerprint density at radius 1 is 0.920 bits per heavy atom. The maximum Gasteiger partial charge on any atom is 0.285 e. The molecule has 0 spiro atoms. The lowest BCUT2D eigenvalue weighted by Crippen LogP contribution is -2.11. The van der Waals surface area contributed by atoms with E-state index in [2.05, 4.69) is 23.6 Å². The molecule has 1 aliphatic rings. The van der Waals surface area contributed by atoms with Crippen molar-refractivity contribution in [2.24, 2.45) is 4.40 Å². The van der Waals surface area contributed by atoms with Crippen LogP contribution in [0.4, 0.5) is 5.69 Å². The first-order valence-electron chi connectivity index (χ1n) is 8.28. The Kier molecular flexibility index (Phi) is 4.52. The molecular weight excluding hydrogens is 332 g/mol. The molecule has 0 saturated carbocycles. The lowest BCUT2D eigenvalue weighted by Gasteiger charge is -2.09. The minimum atomic E-state index is -3.69. The van der Waals surface area contributed by atoms with E-state index >= 15 is 0 Å². The topological polar surface area (TPSA) is 58.5 Å². The van der Waals surface area contributed by atoms with Crippen LogP contribution in [0.15, 0.2) is 58.5 Å². The van der Waals surface area contributed by atoms with Crippen molar-refractivity contribution in [3.63, 3.8) is 0 Å². The highest BCUT2D eigenvalue weighted by atomic mass is 32.2. The summed E-state index contributed by atoms with van der Waals surface area (Å²) in [4.78, 5) is 0.272. The van der Waals surface area contributed by atoms with E-state index in [9.17, 15) is 8.42 Å². The first-order chi connectivity index (χ1) is 11.8. The summed E-state index contributed by atoms with van der Waals surface area (Å²) < 4.78 is 29.0. The fourth-order valence-corrected chi connectivity index (χ4v) is 4.24. The van der Waals surface area contributed by atoms with Gasteiger partial charge in [-0.15, -0.1) is 4.40 Å². The second-order valence-corrected chi connectivity index (χ2v) is 8.18. The second-order valence-electron chi connectivity index (χ2n) is 6.64. The van der Waals surface area contributed by atoms with Gasteiger partial charge in [0, 0.05) is 11.3 Å². The first kappa shape index (κ1) is 17.4. The van der Waals surface area contributed by atoms with E-state index in [1.54, 1.807) is 6.92 Å². The molecule has 3 rings (SSSR count). The highest BCUT2D eigenvalue weighted by molar-refractivity contribution is 8.00. The van der Waals surface area contributed by atoms with Gasteiger partial charge in [0.1, 0.15) is 10.7 Å². The van der Waals surface area contributed by atoms with Gasteiger partial charge in [0.15, 0.2) is 0 Å². The van der Waals surface area contributed by atoms with Gasteiger partial charge >= 0.3 is 0 Å². The van der Waals surface area contributed by atoms with Gasteiger partial charge in [-0.2, -0.15) is 8.42 Å². The third kappa shape index (κ3) is 3.51. The summed E-state index contributed by atoms with van der Waals surface area (Å²) in [5.41, 5.74) is 4.44. The monoisotopic (exact) mass is 354 g/mol. The van der Waals surface area contributed by atoms with Crippen LogP contribution < -0.4 is 5.32 Å². The molecule has 2 aromatic carbocycles. The number of rotatable bonds is 3. The van der Waals surface area contributed by atoms with Crippen LogP contribution in [0.3, 0.4) is 0 Å². The maximum atomic E-state index is 12.5. The Bertz CT molecular complexity index is 952. The Morgan fingerprint density at radius 2 is 1.52 bits per heavy atom. The van der Waals surface area contributed by atoms with Crippen LogP contribution in [0, 0.1) is 6.92 Å². The molecule has 0 unspecified atom stereocenters. The number of nitrogens with zero attached hydrogens (tertiary/aromatic N) is 1. The summed E-state index contributed by atoms with van der Waals surface area (Å²) in [6.07, 6.45) is 0. The van der Waals surface area contributed by atoms with E-state index in [1.165, 1.54) is 5.56 Å². The molecule has 1 N–H and O–H groups in total. The third-order valence-electron chi connectivity index (χ3n) is 4.32. The molecular formula is C20H22N2O2S. The van der Waals surface area contributed by atoms with Crippen LogP contribution in [-0.2, 0) is 10.0 Å². The van der Waals surface area contributed by atoms with Crippen LogP contribution in [0.5, 0.6) is 0 Å². The Morgan fingerprint density at radius 3 is 2.08 bits per heavy atom. The maximum absolute atomic E-state index is 12.5. The molecule has 0 atom stereocenters. The standard InChI is InChI=1S/C20H22N2O2S/c1-13(2)16-9-11-18(12-10-16)21-20-15(4)19(25(23,24)22-20)17-7-5-14(3)6-8-17/h5-13H,1-4H3,(H,21,22). The van der Waals surface area contributed by atoms with Crippen molar-refractivity contribution in [1.29, 1.82) is 0 Å². The van der Waals surface area contributed by atoms with E-state index in [-0.39, 0.29) is 4.91 Å². The van der Waals surface area contributed by atoms with Crippen LogP contribution in [0.25, 0.3) is 4.91 Å². The molecule has 25 heavy (non-hydrogen) atoms. The molecule has 1 aliphatic heterocycles. The van der Waals surface area contributed by atoms with Crippen molar-refractivity contribution >= 4 is 26.5 Å². The molecule has 1 heterocycles. The van der Waals surface area contributed by atoms with Gasteiger partial charge in [0.25, 0.3) is 10.0 Å². The lowest BCUT2D eigenvalue weighted by molar-refractivity contribution is 0.608. The molecule has 4 nitrogen and oxygen atoms in total. The number of amidine groups is 1. The summed E-state index contributed by atoms with van der Waals surface area (Å²) in [6.45, 7) is 8.03. The van der Waals surface area contributed by atoms with E-state index < -0.39 is 10.0 Å². The van der Waals surface area contributed by atoms with Gasteiger partial charge in [0.05, 0.1) is 0 Å². The molecule has 5 heteroatoms. The van der Waals surface area contributed by atoms with Gasteiger partial charge < -0.3 is 5.32 Å². The summed E-state index contributed by atoms with van der Waals surface area (Å²) in [7, 11) is -3.69. The zero-order chi connectivity index (χ0) is 18.2. The smallest absolute Gasteiger partial charge is 0.285 e. The molecule has 2 aromatic rings. The Labute approximate surface area is 149 Å². The summed E-state index contributed by atoms with van der Waals surface area (Å²) in [6, 6.07) is 15.4. The van der Waals surface area contributed by atoms with Crippen molar-refractivity contribution in [1.82, 2.24) is 0 Å². The van der Waals surface area contributed by atoms with Crippen molar-refractivity contribution in [2.45, 2.75) is 33.6 Å². The van der Waals surface area contributed by atoms with E-state index in [1.807, 2.05) is 55.5 Å². The average Bonchev–Trinajstić information content (AvgIpc) is 2.78. The largest absolute Gasteiger partial charge is 0.339 e. The fourth-order valence-electron chi connectivity index (χ4n) is 2.81. The highest BCUT2D eigenvalue weighted by Gasteiger charge is 2.30. The molecule has 0 amide bonds. The minimum Gasteiger partial charge on any atom is -0.339 e. The van der Waals surface area contributed by atoms with Gasteiger partial charge in [-0.05, 0) is 43.0 Å². The number of anilines is 1. The zero-order valence-electron chi connectivity index (χ0n) is 14.9.